The third-order valence-corrected chi connectivity index (χ3v) is 5.73. The van der Waals surface area contributed by atoms with Gasteiger partial charge in [-0.2, -0.15) is 5.10 Å². The molecule has 0 saturated heterocycles. The third kappa shape index (κ3) is 3.83. The molecule has 1 N–H and O–H groups in total. The standard InChI is InChI=1S/C18H25N5O3S/c1-5-8-19-18(24)13-6-7-16-14(9-13)15(10-23(16)27(4,25)26)17-20-11-22(21-17)12(2)3/h6-7,9,11-12,15H,5,8,10H2,1-4H3,(H,19,24). The third-order valence-electron chi connectivity index (χ3n) is 4.59. The van der Waals surface area contributed by atoms with E-state index in [9.17, 15) is 13.2 Å². The number of benzene rings is 1. The molecule has 0 aliphatic carbocycles. The van der Waals surface area contributed by atoms with Crippen LogP contribution in [0, 0.1) is 0 Å². The summed E-state index contributed by atoms with van der Waals surface area (Å²) in [6.07, 6.45) is 3.68. The van der Waals surface area contributed by atoms with Crippen molar-refractivity contribution in [3.8, 4) is 0 Å². The number of carbonyl (C=O) groups excluding carboxylic acids is 1. The summed E-state index contributed by atoms with van der Waals surface area (Å²) >= 11 is 0. The summed E-state index contributed by atoms with van der Waals surface area (Å²) in [5, 5.41) is 7.36. The minimum absolute atomic E-state index is 0.157. The van der Waals surface area contributed by atoms with Gasteiger partial charge in [-0.15, -0.1) is 0 Å². The maximum absolute atomic E-state index is 12.3. The number of hydrogen-bond donors (Lipinski definition) is 1. The molecule has 2 aromatic rings. The normalized spacial score (nSPS) is 16.6. The predicted octanol–water partition coefficient (Wildman–Crippen LogP) is 1.91. The minimum atomic E-state index is -3.44. The zero-order valence-electron chi connectivity index (χ0n) is 16.0. The average molecular weight is 391 g/mol. The van der Waals surface area contributed by atoms with Crippen LogP contribution in [0.25, 0.3) is 0 Å². The number of hydrogen-bond acceptors (Lipinski definition) is 5. The molecule has 3 rings (SSSR count). The number of anilines is 1. The van der Waals surface area contributed by atoms with Crippen molar-refractivity contribution in [1.29, 1.82) is 0 Å². The van der Waals surface area contributed by atoms with E-state index in [2.05, 4.69) is 15.4 Å². The lowest BCUT2D eigenvalue weighted by atomic mass is 9.98. The van der Waals surface area contributed by atoms with Gasteiger partial charge in [0.1, 0.15) is 6.33 Å². The molecule has 0 fully saturated rings. The van der Waals surface area contributed by atoms with Crippen LogP contribution in [0.1, 0.15) is 60.9 Å². The van der Waals surface area contributed by atoms with Gasteiger partial charge in [0, 0.05) is 24.7 Å². The van der Waals surface area contributed by atoms with Crippen LogP contribution in [-0.2, 0) is 10.0 Å². The Morgan fingerprint density at radius 1 is 1.37 bits per heavy atom. The first kappa shape index (κ1) is 19.3. The van der Waals surface area contributed by atoms with Crippen molar-refractivity contribution in [2.45, 2.75) is 39.2 Å². The topological polar surface area (TPSA) is 97.2 Å². The summed E-state index contributed by atoms with van der Waals surface area (Å²) in [6.45, 7) is 6.81. The van der Waals surface area contributed by atoms with Crippen LogP contribution in [0.3, 0.4) is 0 Å². The monoisotopic (exact) mass is 391 g/mol. The van der Waals surface area contributed by atoms with Crippen molar-refractivity contribution in [3.63, 3.8) is 0 Å². The second-order valence-corrected chi connectivity index (χ2v) is 8.96. The highest BCUT2D eigenvalue weighted by Gasteiger charge is 2.37. The molecule has 8 nitrogen and oxygen atoms in total. The lowest BCUT2D eigenvalue weighted by Gasteiger charge is -2.16. The molecule has 1 amide bonds. The van der Waals surface area contributed by atoms with Crippen molar-refractivity contribution in [2.24, 2.45) is 0 Å². The highest BCUT2D eigenvalue weighted by molar-refractivity contribution is 7.92. The van der Waals surface area contributed by atoms with E-state index in [0.29, 0.717) is 23.6 Å². The molecule has 27 heavy (non-hydrogen) atoms. The molecule has 1 aromatic carbocycles. The molecule has 2 heterocycles. The van der Waals surface area contributed by atoms with E-state index in [1.807, 2.05) is 20.8 Å². The van der Waals surface area contributed by atoms with E-state index in [1.165, 1.54) is 10.6 Å². The Morgan fingerprint density at radius 3 is 2.70 bits per heavy atom. The number of fused-ring (bicyclic) bond motifs is 1. The van der Waals surface area contributed by atoms with Crippen molar-refractivity contribution < 1.29 is 13.2 Å². The van der Waals surface area contributed by atoms with Gasteiger partial charge >= 0.3 is 0 Å². The van der Waals surface area contributed by atoms with Crippen molar-refractivity contribution >= 4 is 21.6 Å². The van der Waals surface area contributed by atoms with Crippen LogP contribution < -0.4 is 9.62 Å². The van der Waals surface area contributed by atoms with Gasteiger partial charge in [0.25, 0.3) is 5.91 Å². The zero-order chi connectivity index (χ0) is 19.8. The molecule has 0 spiro atoms. The number of nitrogens with zero attached hydrogens (tertiary/aromatic N) is 4. The van der Waals surface area contributed by atoms with Crippen LogP contribution in [0.2, 0.25) is 0 Å². The largest absolute Gasteiger partial charge is 0.352 e. The SMILES string of the molecule is CCCNC(=O)c1ccc2c(c1)C(c1ncn(C(C)C)n1)CN2S(C)(=O)=O. The van der Waals surface area contributed by atoms with E-state index in [1.54, 1.807) is 29.2 Å². The number of rotatable bonds is 6. The van der Waals surface area contributed by atoms with E-state index >= 15 is 0 Å². The Balaban J connectivity index is 2.03. The average Bonchev–Trinajstić information content (AvgIpc) is 3.23. The molecule has 1 aromatic heterocycles. The van der Waals surface area contributed by atoms with Gasteiger partial charge in [0.15, 0.2) is 5.82 Å². The fourth-order valence-electron chi connectivity index (χ4n) is 3.14. The van der Waals surface area contributed by atoms with E-state index in [-0.39, 0.29) is 24.4 Å². The van der Waals surface area contributed by atoms with Gasteiger partial charge in [-0.25, -0.2) is 13.4 Å². The summed E-state index contributed by atoms with van der Waals surface area (Å²) in [6, 6.07) is 5.26. The van der Waals surface area contributed by atoms with E-state index in [4.69, 9.17) is 0 Å². The molecule has 1 aliphatic rings. The van der Waals surface area contributed by atoms with Gasteiger partial charge in [-0.05, 0) is 44.0 Å². The Kier molecular flexibility index (Phi) is 5.23. The molecule has 1 unspecified atom stereocenters. The second kappa shape index (κ2) is 7.30. The quantitative estimate of drug-likeness (QED) is 0.811. The summed E-state index contributed by atoms with van der Waals surface area (Å²) in [5.74, 6) is 0.0766. The zero-order valence-corrected chi connectivity index (χ0v) is 16.8. The molecular weight excluding hydrogens is 366 g/mol. The number of sulfonamides is 1. The highest BCUT2D eigenvalue weighted by Crippen LogP contribution is 2.40. The van der Waals surface area contributed by atoms with Crippen molar-refractivity contribution in [3.05, 3.63) is 41.5 Å². The maximum atomic E-state index is 12.3. The predicted molar refractivity (Wildman–Crippen MR) is 104 cm³/mol. The fraction of sp³-hybridized carbons (Fsp3) is 0.500. The molecule has 0 saturated carbocycles. The van der Waals surface area contributed by atoms with Crippen molar-refractivity contribution in [1.82, 2.24) is 20.1 Å². The number of nitrogens with one attached hydrogen (secondary N) is 1. The summed E-state index contributed by atoms with van der Waals surface area (Å²) < 4.78 is 27.6. The van der Waals surface area contributed by atoms with Gasteiger partial charge in [-0.3, -0.25) is 13.8 Å². The maximum Gasteiger partial charge on any atom is 0.251 e. The first-order valence-electron chi connectivity index (χ1n) is 9.03. The Morgan fingerprint density at radius 2 is 2.11 bits per heavy atom. The number of carbonyl (C=O) groups is 1. The fourth-order valence-corrected chi connectivity index (χ4v) is 4.08. The molecular formula is C18H25N5O3S. The summed E-state index contributed by atoms with van der Waals surface area (Å²) in [4.78, 5) is 16.7. The molecule has 1 aliphatic heterocycles. The summed E-state index contributed by atoms with van der Waals surface area (Å²) in [7, 11) is -3.44. The lowest BCUT2D eigenvalue weighted by Crippen LogP contribution is -2.29. The first-order valence-corrected chi connectivity index (χ1v) is 10.9. The molecule has 146 valence electrons. The van der Waals surface area contributed by atoms with Crippen molar-refractivity contribution in [2.75, 3.05) is 23.7 Å². The Labute approximate surface area is 159 Å². The smallest absolute Gasteiger partial charge is 0.251 e. The van der Waals surface area contributed by atoms with Crippen LogP contribution in [0.5, 0.6) is 0 Å². The van der Waals surface area contributed by atoms with Crippen LogP contribution in [0.15, 0.2) is 24.5 Å². The second-order valence-electron chi connectivity index (χ2n) is 7.05. The Hall–Kier alpha value is -2.42. The molecule has 0 radical (unpaired) electrons. The molecule has 9 heteroatoms. The van der Waals surface area contributed by atoms with Crippen LogP contribution in [-0.4, -0.2) is 48.4 Å². The van der Waals surface area contributed by atoms with E-state index in [0.717, 1.165) is 12.0 Å². The van der Waals surface area contributed by atoms with Crippen LogP contribution >= 0.6 is 0 Å². The molecule has 0 bridgehead atoms. The lowest BCUT2D eigenvalue weighted by molar-refractivity contribution is 0.0953. The van der Waals surface area contributed by atoms with Gasteiger partial charge < -0.3 is 5.32 Å². The van der Waals surface area contributed by atoms with Gasteiger partial charge in [0.05, 0.1) is 17.9 Å². The van der Waals surface area contributed by atoms with Gasteiger partial charge in [0.2, 0.25) is 10.0 Å². The number of amides is 1. The van der Waals surface area contributed by atoms with E-state index < -0.39 is 10.0 Å². The minimum Gasteiger partial charge on any atom is -0.352 e. The molecule has 1 atom stereocenters. The van der Waals surface area contributed by atoms with Crippen LogP contribution in [0.4, 0.5) is 5.69 Å². The highest BCUT2D eigenvalue weighted by atomic mass is 32.2. The first-order chi connectivity index (χ1) is 12.7. The summed E-state index contributed by atoms with van der Waals surface area (Å²) in [5.41, 5.74) is 1.84. The van der Waals surface area contributed by atoms with Gasteiger partial charge in [-0.1, -0.05) is 6.92 Å². The Bertz CT molecular complexity index is 952. The number of aromatic nitrogens is 3.